The maximum atomic E-state index is 12.4. The Morgan fingerprint density at radius 2 is 1.95 bits per heavy atom. The number of aliphatic hydroxyl groups is 1. The highest BCUT2D eigenvalue weighted by atomic mass is 16.3. The lowest BCUT2D eigenvalue weighted by atomic mass is 9.82. The lowest BCUT2D eigenvalue weighted by Crippen LogP contribution is -2.43. The molecule has 0 saturated carbocycles. The van der Waals surface area contributed by atoms with Crippen LogP contribution < -0.4 is 0 Å². The minimum Gasteiger partial charge on any atom is -0.387 e. The van der Waals surface area contributed by atoms with Crippen molar-refractivity contribution in [1.82, 2.24) is 9.80 Å². The first kappa shape index (κ1) is 16.8. The first-order valence-corrected chi connectivity index (χ1v) is 8.51. The smallest absolute Gasteiger partial charge is 0.222 e. The summed E-state index contributed by atoms with van der Waals surface area (Å²) in [7, 11) is 2.17. The van der Waals surface area contributed by atoms with Crippen LogP contribution in [0.5, 0.6) is 0 Å². The highest BCUT2D eigenvalue weighted by molar-refractivity contribution is 5.76. The molecule has 1 amide bonds. The summed E-state index contributed by atoms with van der Waals surface area (Å²) in [4.78, 5) is 16.7. The minimum absolute atomic E-state index is 0.171. The van der Waals surface area contributed by atoms with Gasteiger partial charge in [-0.3, -0.25) is 4.79 Å². The van der Waals surface area contributed by atoms with Crippen LogP contribution in [0.1, 0.15) is 46.5 Å². The second kappa shape index (κ2) is 6.66. The number of nitrogens with zero attached hydrogens (tertiary/aromatic N) is 2. The second-order valence-corrected chi connectivity index (χ2v) is 7.61. The van der Waals surface area contributed by atoms with Crippen LogP contribution in [0.25, 0.3) is 0 Å². The summed E-state index contributed by atoms with van der Waals surface area (Å²) >= 11 is 0. The molecule has 2 aliphatic heterocycles. The van der Waals surface area contributed by atoms with Crippen LogP contribution in [0.15, 0.2) is 0 Å². The van der Waals surface area contributed by atoms with Gasteiger partial charge in [-0.25, -0.2) is 0 Å². The summed E-state index contributed by atoms with van der Waals surface area (Å²) in [6.45, 7) is 9.69. The molecule has 2 saturated heterocycles. The molecule has 0 unspecified atom stereocenters. The van der Waals surface area contributed by atoms with Gasteiger partial charge in [0.15, 0.2) is 0 Å². The molecule has 4 heteroatoms. The van der Waals surface area contributed by atoms with E-state index >= 15 is 0 Å². The van der Waals surface area contributed by atoms with Gasteiger partial charge in [0.2, 0.25) is 5.91 Å². The molecule has 0 bridgehead atoms. The average Bonchev–Trinajstić information content (AvgIpc) is 2.75. The standard InChI is InChI=1S/C17H32N2O2/c1-13(2)17(21)12-19(11-14(17)3)16(20)6-5-15-7-9-18(4)10-8-15/h13-15,21H,5-12H2,1-4H3/t14-,17-/m1/s1. The quantitative estimate of drug-likeness (QED) is 0.862. The number of hydrogen-bond donors (Lipinski definition) is 1. The zero-order valence-corrected chi connectivity index (χ0v) is 14.1. The van der Waals surface area contributed by atoms with E-state index in [-0.39, 0.29) is 17.7 Å². The highest BCUT2D eigenvalue weighted by Crippen LogP contribution is 2.34. The molecule has 2 fully saturated rings. The number of rotatable bonds is 4. The zero-order valence-electron chi connectivity index (χ0n) is 14.1. The molecule has 122 valence electrons. The molecule has 2 rings (SSSR count). The van der Waals surface area contributed by atoms with E-state index in [9.17, 15) is 9.90 Å². The van der Waals surface area contributed by atoms with Gasteiger partial charge in [-0.1, -0.05) is 20.8 Å². The van der Waals surface area contributed by atoms with Crippen molar-refractivity contribution in [2.45, 2.75) is 52.1 Å². The van der Waals surface area contributed by atoms with Gasteiger partial charge < -0.3 is 14.9 Å². The fourth-order valence-corrected chi connectivity index (χ4v) is 3.79. The van der Waals surface area contributed by atoms with Crippen molar-refractivity contribution < 1.29 is 9.90 Å². The molecule has 0 aliphatic carbocycles. The third-order valence-electron chi connectivity index (χ3n) is 5.75. The van der Waals surface area contributed by atoms with Crippen LogP contribution in [-0.2, 0) is 4.79 Å². The van der Waals surface area contributed by atoms with Crippen LogP contribution in [0, 0.1) is 17.8 Å². The SMILES string of the molecule is CC(C)[C@]1(O)CN(C(=O)CCC2CCN(C)CC2)C[C@H]1C. The third kappa shape index (κ3) is 3.78. The van der Waals surface area contributed by atoms with Gasteiger partial charge in [0, 0.05) is 25.4 Å². The number of likely N-dealkylation sites (tertiary alicyclic amines) is 2. The van der Waals surface area contributed by atoms with E-state index in [1.165, 1.54) is 12.8 Å². The molecular weight excluding hydrogens is 264 g/mol. The van der Waals surface area contributed by atoms with Crippen LogP contribution in [0.3, 0.4) is 0 Å². The van der Waals surface area contributed by atoms with Gasteiger partial charge in [0.1, 0.15) is 0 Å². The van der Waals surface area contributed by atoms with Crippen LogP contribution in [0.2, 0.25) is 0 Å². The van der Waals surface area contributed by atoms with Crippen molar-refractivity contribution in [3.05, 3.63) is 0 Å². The Morgan fingerprint density at radius 1 is 1.33 bits per heavy atom. The molecule has 0 aromatic rings. The number of β-amino-alcohol motifs (C(OH)–C–C–N with tert-alkyl or cyclic N) is 1. The minimum atomic E-state index is -0.705. The van der Waals surface area contributed by atoms with E-state index in [0.717, 1.165) is 19.5 Å². The number of hydrogen-bond acceptors (Lipinski definition) is 3. The summed E-state index contributed by atoms with van der Waals surface area (Å²) in [5.41, 5.74) is -0.705. The lowest BCUT2D eigenvalue weighted by Gasteiger charge is -2.31. The van der Waals surface area contributed by atoms with E-state index < -0.39 is 5.60 Å². The predicted octanol–water partition coefficient (Wildman–Crippen LogP) is 1.97. The molecule has 0 aromatic carbocycles. The van der Waals surface area contributed by atoms with Crippen molar-refractivity contribution in [2.75, 3.05) is 33.2 Å². The number of carbonyl (C=O) groups excluding carboxylic acids is 1. The predicted molar refractivity (Wildman–Crippen MR) is 85.0 cm³/mol. The van der Waals surface area contributed by atoms with Crippen molar-refractivity contribution in [3.8, 4) is 0 Å². The van der Waals surface area contributed by atoms with Crippen LogP contribution >= 0.6 is 0 Å². The molecule has 2 aliphatic rings. The Hall–Kier alpha value is -0.610. The molecule has 0 radical (unpaired) electrons. The summed E-state index contributed by atoms with van der Waals surface area (Å²) in [6.07, 6.45) is 4.10. The second-order valence-electron chi connectivity index (χ2n) is 7.61. The van der Waals surface area contributed by atoms with Crippen molar-refractivity contribution >= 4 is 5.91 Å². The third-order valence-corrected chi connectivity index (χ3v) is 5.75. The molecule has 0 spiro atoms. The largest absolute Gasteiger partial charge is 0.387 e. The van der Waals surface area contributed by atoms with E-state index in [2.05, 4.69) is 18.9 Å². The lowest BCUT2D eigenvalue weighted by molar-refractivity contribution is -0.131. The fraction of sp³-hybridized carbons (Fsp3) is 0.941. The van der Waals surface area contributed by atoms with Gasteiger partial charge >= 0.3 is 0 Å². The summed E-state index contributed by atoms with van der Waals surface area (Å²) < 4.78 is 0. The van der Waals surface area contributed by atoms with Crippen molar-refractivity contribution in [1.29, 1.82) is 0 Å². The average molecular weight is 296 g/mol. The topological polar surface area (TPSA) is 43.8 Å². The number of carbonyl (C=O) groups is 1. The Balaban J connectivity index is 1.79. The highest BCUT2D eigenvalue weighted by Gasteiger charge is 2.46. The maximum Gasteiger partial charge on any atom is 0.222 e. The Labute approximate surface area is 129 Å². The van der Waals surface area contributed by atoms with Gasteiger partial charge in [-0.15, -0.1) is 0 Å². The van der Waals surface area contributed by atoms with Gasteiger partial charge in [0.25, 0.3) is 0 Å². The Bertz CT molecular complexity index is 364. The van der Waals surface area contributed by atoms with Gasteiger partial charge in [-0.05, 0) is 51.2 Å². The van der Waals surface area contributed by atoms with Gasteiger partial charge in [0.05, 0.1) is 5.60 Å². The molecule has 21 heavy (non-hydrogen) atoms. The molecular formula is C17H32N2O2. The Morgan fingerprint density at radius 3 is 2.48 bits per heavy atom. The first-order valence-electron chi connectivity index (χ1n) is 8.51. The Kier molecular flexibility index (Phi) is 5.31. The normalized spacial score (nSPS) is 32.1. The van der Waals surface area contributed by atoms with Crippen molar-refractivity contribution in [2.24, 2.45) is 17.8 Å². The summed E-state index contributed by atoms with van der Waals surface area (Å²) in [5.74, 6) is 1.30. The molecule has 2 atom stereocenters. The zero-order chi connectivity index (χ0) is 15.6. The number of piperidine rings is 1. The maximum absolute atomic E-state index is 12.4. The molecule has 0 aromatic heterocycles. The first-order chi connectivity index (χ1) is 9.83. The van der Waals surface area contributed by atoms with E-state index in [1.807, 2.05) is 18.7 Å². The summed E-state index contributed by atoms with van der Waals surface area (Å²) in [5, 5.41) is 10.7. The fourth-order valence-electron chi connectivity index (χ4n) is 3.79. The molecule has 2 heterocycles. The molecule has 1 N–H and O–H groups in total. The monoisotopic (exact) mass is 296 g/mol. The molecule has 4 nitrogen and oxygen atoms in total. The van der Waals surface area contributed by atoms with E-state index in [0.29, 0.717) is 25.4 Å². The number of amides is 1. The van der Waals surface area contributed by atoms with E-state index in [4.69, 9.17) is 0 Å². The van der Waals surface area contributed by atoms with Gasteiger partial charge in [-0.2, -0.15) is 0 Å². The summed E-state index contributed by atoms with van der Waals surface area (Å²) in [6, 6.07) is 0. The van der Waals surface area contributed by atoms with Crippen LogP contribution in [0.4, 0.5) is 0 Å². The van der Waals surface area contributed by atoms with Crippen molar-refractivity contribution in [3.63, 3.8) is 0 Å². The van der Waals surface area contributed by atoms with E-state index in [1.54, 1.807) is 0 Å². The van der Waals surface area contributed by atoms with Crippen LogP contribution in [-0.4, -0.2) is 59.6 Å².